The molecule has 1 N–H and O–H groups in total. The number of imidazole rings is 1. The summed E-state index contributed by atoms with van der Waals surface area (Å²) in [6, 6.07) is -0.0701. The molecule has 2 rings (SSSR count). The van der Waals surface area contributed by atoms with Crippen LogP contribution in [-0.4, -0.2) is 48.0 Å². The van der Waals surface area contributed by atoms with Gasteiger partial charge in [-0.15, -0.1) is 0 Å². The number of aromatic nitrogens is 2. The van der Waals surface area contributed by atoms with Gasteiger partial charge in [0, 0.05) is 25.8 Å². The Labute approximate surface area is 127 Å². The van der Waals surface area contributed by atoms with Gasteiger partial charge in [-0.05, 0) is 52.6 Å². The van der Waals surface area contributed by atoms with Crippen molar-refractivity contribution in [1.29, 1.82) is 0 Å². The minimum atomic E-state index is -3.53. The van der Waals surface area contributed by atoms with Crippen LogP contribution in [0.1, 0.15) is 32.5 Å². The number of piperidine rings is 1. The summed E-state index contributed by atoms with van der Waals surface area (Å²) in [6.45, 7) is 8.13. The van der Waals surface area contributed by atoms with Crippen LogP contribution in [0.5, 0.6) is 0 Å². The second-order valence-corrected chi connectivity index (χ2v) is 7.96. The molecule has 1 aliphatic heterocycles. The average Bonchev–Trinajstić information content (AvgIpc) is 2.77. The molecule has 0 aromatic carbocycles. The fourth-order valence-corrected chi connectivity index (χ4v) is 4.43. The van der Waals surface area contributed by atoms with Crippen LogP contribution in [0.3, 0.4) is 0 Å². The van der Waals surface area contributed by atoms with Crippen LogP contribution in [0.2, 0.25) is 0 Å². The summed E-state index contributed by atoms with van der Waals surface area (Å²) in [5.74, 6) is 1.08. The molecule has 6 nitrogen and oxygen atoms in total. The fraction of sp³-hybridized carbons (Fsp3) is 0.786. The van der Waals surface area contributed by atoms with Crippen molar-refractivity contribution in [3.63, 3.8) is 0 Å². The van der Waals surface area contributed by atoms with Crippen molar-refractivity contribution in [2.45, 2.75) is 44.7 Å². The van der Waals surface area contributed by atoms with Crippen LogP contribution in [0, 0.1) is 12.8 Å². The minimum absolute atomic E-state index is 0.0701. The number of hydrogen-bond donors (Lipinski definition) is 1. The monoisotopic (exact) mass is 314 g/mol. The third kappa shape index (κ3) is 3.64. The van der Waals surface area contributed by atoms with Crippen molar-refractivity contribution >= 4 is 10.0 Å². The van der Waals surface area contributed by atoms with E-state index in [0.717, 1.165) is 25.9 Å². The van der Waals surface area contributed by atoms with Crippen LogP contribution >= 0.6 is 0 Å². The van der Waals surface area contributed by atoms with E-state index in [1.807, 2.05) is 27.8 Å². The van der Waals surface area contributed by atoms with Crippen molar-refractivity contribution in [2.75, 3.05) is 19.6 Å². The second kappa shape index (κ2) is 6.46. The van der Waals surface area contributed by atoms with Gasteiger partial charge >= 0.3 is 0 Å². The van der Waals surface area contributed by atoms with E-state index in [4.69, 9.17) is 0 Å². The first-order valence-electron chi connectivity index (χ1n) is 7.55. The van der Waals surface area contributed by atoms with Gasteiger partial charge in [0.2, 0.25) is 0 Å². The Hall–Kier alpha value is -0.920. The summed E-state index contributed by atoms with van der Waals surface area (Å²) in [7, 11) is -1.72. The second-order valence-electron chi connectivity index (χ2n) is 6.12. The standard InChI is InChI=1S/C14H26N4O2S/c1-11(2)18(9-13-6-5-7-15-8-13)21(19,20)14-10-17(4)12(3)16-14/h10-11,13,15H,5-9H2,1-4H3. The van der Waals surface area contributed by atoms with E-state index in [1.165, 1.54) is 0 Å². The number of sulfonamides is 1. The Morgan fingerprint density at radius 1 is 1.52 bits per heavy atom. The third-order valence-corrected chi connectivity index (χ3v) is 5.99. The molecule has 0 radical (unpaired) electrons. The molecule has 7 heteroatoms. The smallest absolute Gasteiger partial charge is 0.262 e. The number of aryl methyl sites for hydroxylation is 2. The molecule has 0 aliphatic carbocycles. The summed E-state index contributed by atoms with van der Waals surface area (Å²) < 4.78 is 29.0. The van der Waals surface area contributed by atoms with Gasteiger partial charge in [0.15, 0.2) is 5.03 Å². The number of hydrogen-bond acceptors (Lipinski definition) is 4. The first-order chi connectivity index (χ1) is 9.82. The lowest BCUT2D eigenvalue weighted by Crippen LogP contribution is -2.44. The first-order valence-corrected chi connectivity index (χ1v) is 8.99. The van der Waals surface area contributed by atoms with Gasteiger partial charge in [0.25, 0.3) is 10.0 Å². The highest BCUT2D eigenvalue weighted by atomic mass is 32.2. The van der Waals surface area contributed by atoms with Crippen molar-refractivity contribution in [2.24, 2.45) is 13.0 Å². The summed E-state index contributed by atoms with van der Waals surface area (Å²) in [5.41, 5.74) is 0. The van der Waals surface area contributed by atoms with E-state index in [1.54, 1.807) is 15.1 Å². The predicted molar refractivity (Wildman–Crippen MR) is 82.6 cm³/mol. The molecule has 0 saturated carbocycles. The highest BCUT2D eigenvalue weighted by Crippen LogP contribution is 2.21. The topological polar surface area (TPSA) is 67.2 Å². The zero-order valence-electron chi connectivity index (χ0n) is 13.3. The van der Waals surface area contributed by atoms with Crippen LogP contribution in [-0.2, 0) is 17.1 Å². The summed E-state index contributed by atoms with van der Waals surface area (Å²) in [5, 5.41) is 3.50. The molecule has 1 atom stereocenters. The van der Waals surface area contributed by atoms with Crippen LogP contribution in [0.15, 0.2) is 11.2 Å². The Bertz CT molecular complexity index is 554. The molecule has 1 fully saturated rings. The van der Waals surface area contributed by atoms with Gasteiger partial charge in [0.1, 0.15) is 5.82 Å². The van der Waals surface area contributed by atoms with Crippen LogP contribution in [0.25, 0.3) is 0 Å². The number of nitrogens with one attached hydrogen (secondary N) is 1. The lowest BCUT2D eigenvalue weighted by molar-refractivity contribution is 0.263. The van der Waals surface area contributed by atoms with Gasteiger partial charge in [-0.25, -0.2) is 13.4 Å². The number of nitrogens with zero attached hydrogens (tertiary/aromatic N) is 3. The largest absolute Gasteiger partial charge is 0.337 e. The molecular formula is C14H26N4O2S. The van der Waals surface area contributed by atoms with E-state index in [-0.39, 0.29) is 11.1 Å². The summed E-state index contributed by atoms with van der Waals surface area (Å²) in [4.78, 5) is 4.20. The first kappa shape index (κ1) is 16.5. The fourth-order valence-electron chi connectivity index (χ4n) is 2.69. The molecule has 0 bridgehead atoms. The average molecular weight is 314 g/mol. The molecule has 1 saturated heterocycles. The number of rotatable bonds is 5. The van der Waals surface area contributed by atoms with E-state index >= 15 is 0 Å². The molecule has 0 amide bonds. The lowest BCUT2D eigenvalue weighted by Gasteiger charge is -2.31. The van der Waals surface area contributed by atoms with Gasteiger partial charge in [-0.3, -0.25) is 0 Å². The maximum atomic E-state index is 12.8. The van der Waals surface area contributed by atoms with Gasteiger partial charge in [-0.2, -0.15) is 4.31 Å². The quantitative estimate of drug-likeness (QED) is 0.884. The van der Waals surface area contributed by atoms with Crippen molar-refractivity contribution < 1.29 is 8.42 Å². The lowest BCUT2D eigenvalue weighted by atomic mass is 9.99. The molecule has 21 heavy (non-hydrogen) atoms. The van der Waals surface area contributed by atoms with E-state index < -0.39 is 10.0 Å². The Morgan fingerprint density at radius 2 is 2.24 bits per heavy atom. The van der Waals surface area contributed by atoms with Crippen molar-refractivity contribution in [1.82, 2.24) is 19.2 Å². The molecule has 0 spiro atoms. The van der Waals surface area contributed by atoms with Crippen molar-refractivity contribution in [3.8, 4) is 0 Å². The molecule has 120 valence electrons. The molecule has 1 aliphatic rings. The van der Waals surface area contributed by atoms with Gasteiger partial charge in [0.05, 0.1) is 0 Å². The molecule has 1 unspecified atom stereocenters. The molecule has 1 aromatic heterocycles. The summed E-state index contributed by atoms with van der Waals surface area (Å²) >= 11 is 0. The van der Waals surface area contributed by atoms with E-state index in [2.05, 4.69) is 10.3 Å². The van der Waals surface area contributed by atoms with E-state index in [0.29, 0.717) is 18.3 Å². The van der Waals surface area contributed by atoms with Crippen LogP contribution in [0.4, 0.5) is 0 Å². The molecule has 2 heterocycles. The zero-order valence-corrected chi connectivity index (χ0v) is 14.2. The third-order valence-electron chi connectivity index (χ3n) is 4.07. The maximum Gasteiger partial charge on any atom is 0.262 e. The molecular weight excluding hydrogens is 288 g/mol. The molecule has 1 aromatic rings. The Balaban J connectivity index is 2.23. The Morgan fingerprint density at radius 3 is 2.71 bits per heavy atom. The normalized spacial score (nSPS) is 20.4. The van der Waals surface area contributed by atoms with Gasteiger partial charge < -0.3 is 9.88 Å². The highest BCUT2D eigenvalue weighted by molar-refractivity contribution is 7.89. The zero-order chi connectivity index (χ0) is 15.6. The maximum absolute atomic E-state index is 12.8. The van der Waals surface area contributed by atoms with Crippen LogP contribution < -0.4 is 5.32 Å². The Kier molecular flexibility index (Phi) is 5.06. The van der Waals surface area contributed by atoms with E-state index in [9.17, 15) is 8.42 Å². The predicted octanol–water partition coefficient (Wildman–Crippen LogP) is 1.13. The highest BCUT2D eigenvalue weighted by Gasteiger charge is 2.31. The van der Waals surface area contributed by atoms with Gasteiger partial charge in [-0.1, -0.05) is 0 Å². The summed E-state index contributed by atoms with van der Waals surface area (Å²) in [6.07, 6.45) is 3.78. The van der Waals surface area contributed by atoms with Crippen molar-refractivity contribution in [3.05, 3.63) is 12.0 Å². The minimum Gasteiger partial charge on any atom is -0.337 e. The SMILES string of the molecule is Cc1nc(S(=O)(=O)N(CC2CCCNC2)C(C)C)cn1C.